The van der Waals surface area contributed by atoms with Crippen molar-refractivity contribution in [3.63, 3.8) is 0 Å². The highest BCUT2D eigenvalue weighted by molar-refractivity contribution is 6.30. The summed E-state index contributed by atoms with van der Waals surface area (Å²) in [5, 5.41) is 0.783. The minimum Gasteiger partial charge on any atom is -0.326 e. The molecular formula is C17H27ClN2. The first-order valence-electron chi connectivity index (χ1n) is 7.54. The molecule has 0 aromatic heterocycles. The van der Waals surface area contributed by atoms with E-state index < -0.39 is 0 Å². The summed E-state index contributed by atoms with van der Waals surface area (Å²) in [5.41, 5.74) is 7.92. The van der Waals surface area contributed by atoms with E-state index in [1.165, 1.54) is 12.0 Å². The second-order valence-corrected chi connectivity index (χ2v) is 7.64. The van der Waals surface area contributed by atoms with Crippen LogP contribution in [0.15, 0.2) is 24.3 Å². The quantitative estimate of drug-likeness (QED) is 0.909. The number of nitrogens with zero attached hydrogens (tertiary/aromatic N) is 1. The Hall–Kier alpha value is -0.570. The maximum absolute atomic E-state index is 6.27. The topological polar surface area (TPSA) is 29.3 Å². The van der Waals surface area contributed by atoms with Gasteiger partial charge in [-0.15, -0.1) is 0 Å². The number of hydrogen-bond donors (Lipinski definition) is 1. The van der Waals surface area contributed by atoms with Gasteiger partial charge in [-0.25, -0.2) is 0 Å². The van der Waals surface area contributed by atoms with Gasteiger partial charge in [-0.1, -0.05) is 44.5 Å². The summed E-state index contributed by atoms with van der Waals surface area (Å²) in [6, 6.07) is 8.56. The molecule has 1 aromatic rings. The molecule has 1 aliphatic rings. The van der Waals surface area contributed by atoms with Crippen LogP contribution in [0.4, 0.5) is 0 Å². The van der Waals surface area contributed by atoms with Gasteiger partial charge in [0.15, 0.2) is 0 Å². The minimum atomic E-state index is 0.120. The number of hydrogen-bond acceptors (Lipinski definition) is 2. The van der Waals surface area contributed by atoms with Gasteiger partial charge in [0, 0.05) is 23.7 Å². The van der Waals surface area contributed by atoms with E-state index in [1.807, 2.05) is 12.1 Å². The largest absolute Gasteiger partial charge is 0.326 e. The fourth-order valence-corrected chi connectivity index (χ4v) is 3.38. The van der Waals surface area contributed by atoms with E-state index in [1.54, 1.807) is 0 Å². The summed E-state index contributed by atoms with van der Waals surface area (Å²) in [4.78, 5) is 2.55. The molecule has 2 nitrogen and oxygen atoms in total. The van der Waals surface area contributed by atoms with Gasteiger partial charge in [-0.05, 0) is 48.9 Å². The first kappa shape index (κ1) is 15.8. The van der Waals surface area contributed by atoms with Crippen LogP contribution in [0.5, 0.6) is 0 Å². The number of likely N-dealkylation sites (tertiary alicyclic amines) is 1. The molecule has 1 aliphatic heterocycles. The molecular weight excluding hydrogens is 268 g/mol. The summed E-state index contributed by atoms with van der Waals surface area (Å²) >= 11 is 5.99. The van der Waals surface area contributed by atoms with Crippen molar-refractivity contribution in [2.24, 2.45) is 17.1 Å². The van der Waals surface area contributed by atoms with Crippen LogP contribution in [0.3, 0.4) is 0 Å². The third kappa shape index (κ3) is 3.55. The van der Waals surface area contributed by atoms with Crippen molar-refractivity contribution in [2.45, 2.75) is 46.2 Å². The molecule has 1 fully saturated rings. The molecule has 112 valence electrons. The molecule has 1 heterocycles. The van der Waals surface area contributed by atoms with Gasteiger partial charge in [0.25, 0.3) is 0 Å². The molecule has 0 aliphatic carbocycles. The van der Waals surface area contributed by atoms with E-state index in [9.17, 15) is 0 Å². The third-order valence-electron chi connectivity index (χ3n) is 4.55. The molecule has 2 rings (SSSR count). The lowest BCUT2D eigenvalue weighted by Crippen LogP contribution is -2.39. The lowest BCUT2D eigenvalue weighted by Gasteiger charge is -2.33. The zero-order chi connectivity index (χ0) is 14.9. The van der Waals surface area contributed by atoms with Gasteiger partial charge in [-0.3, -0.25) is 4.90 Å². The molecule has 3 atom stereocenters. The lowest BCUT2D eigenvalue weighted by molar-refractivity contribution is 0.180. The Morgan fingerprint density at radius 3 is 2.30 bits per heavy atom. The Balaban J connectivity index is 2.17. The van der Waals surface area contributed by atoms with Crippen molar-refractivity contribution in [3.05, 3.63) is 34.9 Å². The molecule has 0 bridgehead atoms. The normalized spacial score (nSPS) is 23.8. The Kier molecular flexibility index (Phi) is 4.78. The van der Waals surface area contributed by atoms with E-state index in [0.29, 0.717) is 11.5 Å². The van der Waals surface area contributed by atoms with E-state index in [0.717, 1.165) is 24.0 Å². The van der Waals surface area contributed by atoms with Gasteiger partial charge >= 0.3 is 0 Å². The zero-order valence-electron chi connectivity index (χ0n) is 13.1. The molecule has 0 saturated carbocycles. The Labute approximate surface area is 128 Å². The van der Waals surface area contributed by atoms with E-state index in [-0.39, 0.29) is 6.04 Å². The van der Waals surface area contributed by atoms with E-state index >= 15 is 0 Å². The lowest BCUT2D eigenvalue weighted by atomic mass is 9.80. The van der Waals surface area contributed by atoms with Gasteiger partial charge in [0.2, 0.25) is 0 Å². The second-order valence-electron chi connectivity index (χ2n) is 7.20. The molecule has 0 spiro atoms. The van der Waals surface area contributed by atoms with E-state index in [4.69, 9.17) is 17.3 Å². The number of halogens is 1. The Bertz CT molecular complexity index is 433. The predicted octanol–water partition coefficient (Wildman–Crippen LogP) is 4.10. The smallest absolute Gasteiger partial charge is 0.0496 e. The van der Waals surface area contributed by atoms with E-state index in [2.05, 4.69) is 44.7 Å². The first-order chi connectivity index (χ1) is 9.29. The molecule has 20 heavy (non-hydrogen) atoms. The standard InChI is InChI=1S/C17H27ClN2/c1-12(19)16(13-5-7-15(18)8-6-13)20-10-9-14(11-20)17(2,3)4/h5-8,12,14,16H,9-11,19H2,1-4H3. The SMILES string of the molecule is CC(N)C(c1ccc(Cl)cc1)N1CCC(C(C)(C)C)C1. The molecule has 1 aromatic carbocycles. The van der Waals surface area contributed by atoms with Crippen molar-refractivity contribution in [3.8, 4) is 0 Å². The van der Waals surface area contributed by atoms with Crippen LogP contribution in [0.1, 0.15) is 45.7 Å². The average molecular weight is 295 g/mol. The third-order valence-corrected chi connectivity index (χ3v) is 4.80. The molecule has 3 heteroatoms. The highest BCUT2D eigenvalue weighted by Gasteiger charge is 2.36. The maximum atomic E-state index is 6.27. The zero-order valence-corrected chi connectivity index (χ0v) is 13.8. The Morgan fingerprint density at radius 1 is 1.25 bits per heavy atom. The van der Waals surface area contributed by atoms with Crippen LogP contribution in [0.2, 0.25) is 5.02 Å². The molecule has 0 radical (unpaired) electrons. The van der Waals surface area contributed by atoms with Gasteiger partial charge in [0.05, 0.1) is 0 Å². The summed E-state index contributed by atoms with van der Waals surface area (Å²) < 4.78 is 0. The van der Waals surface area contributed by atoms with Crippen molar-refractivity contribution >= 4 is 11.6 Å². The first-order valence-corrected chi connectivity index (χ1v) is 7.92. The van der Waals surface area contributed by atoms with Crippen LogP contribution < -0.4 is 5.73 Å². The highest BCUT2D eigenvalue weighted by Crippen LogP contribution is 2.38. The van der Waals surface area contributed by atoms with Crippen LogP contribution >= 0.6 is 11.6 Å². The maximum Gasteiger partial charge on any atom is 0.0496 e. The molecule has 2 N–H and O–H groups in total. The second kappa shape index (κ2) is 6.05. The number of nitrogens with two attached hydrogens (primary N) is 1. The fourth-order valence-electron chi connectivity index (χ4n) is 3.25. The molecule has 1 saturated heterocycles. The van der Waals surface area contributed by atoms with Crippen LogP contribution in [0, 0.1) is 11.3 Å². The van der Waals surface area contributed by atoms with Crippen LogP contribution in [-0.2, 0) is 0 Å². The Morgan fingerprint density at radius 2 is 1.85 bits per heavy atom. The fraction of sp³-hybridized carbons (Fsp3) is 0.647. The van der Waals surface area contributed by atoms with Crippen molar-refractivity contribution in [1.29, 1.82) is 0 Å². The summed E-state index contributed by atoms with van der Waals surface area (Å²) in [7, 11) is 0. The van der Waals surface area contributed by atoms with Crippen molar-refractivity contribution in [1.82, 2.24) is 4.90 Å². The van der Waals surface area contributed by atoms with Crippen LogP contribution in [-0.4, -0.2) is 24.0 Å². The molecule has 0 amide bonds. The number of benzene rings is 1. The van der Waals surface area contributed by atoms with Gasteiger partial charge in [0.1, 0.15) is 0 Å². The summed E-state index contributed by atoms with van der Waals surface area (Å²) in [6.07, 6.45) is 1.26. The van der Waals surface area contributed by atoms with Gasteiger partial charge < -0.3 is 5.73 Å². The molecule has 3 unspecified atom stereocenters. The monoisotopic (exact) mass is 294 g/mol. The predicted molar refractivity (Wildman–Crippen MR) is 87.0 cm³/mol. The number of rotatable bonds is 3. The van der Waals surface area contributed by atoms with Gasteiger partial charge in [-0.2, -0.15) is 0 Å². The van der Waals surface area contributed by atoms with Crippen LogP contribution in [0.25, 0.3) is 0 Å². The highest BCUT2D eigenvalue weighted by atomic mass is 35.5. The van der Waals surface area contributed by atoms with Crippen molar-refractivity contribution in [2.75, 3.05) is 13.1 Å². The summed E-state index contributed by atoms with van der Waals surface area (Å²) in [6.45, 7) is 11.4. The summed E-state index contributed by atoms with van der Waals surface area (Å²) in [5.74, 6) is 0.746. The van der Waals surface area contributed by atoms with Crippen molar-refractivity contribution < 1.29 is 0 Å². The average Bonchev–Trinajstić information content (AvgIpc) is 2.80. The minimum absolute atomic E-state index is 0.120.